The van der Waals surface area contributed by atoms with Gasteiger partial charge in [0.05, 0.1) is 11.3 Å². The molecule has 158 valence electrons. The van der Waals surface area contributed by atoms with Gasteiger partial charge in [0.15, 0.2) is 11.6 Å². The van der Waals surface area contributed by atoms with E-state index in [-0.39, 0.29) is 11.5 Å². The van der Waals surface area contributed by atoms with Crippen molar-refractivity contribution in [3.05, 3.63) is 41.2 Å². The molecule has 1 aliphatic heterocycles. The Hall–Kier alpha value is -2.79. The molecule has 0 saturated heterocycles. The molecule has 0 bridgehead atoms. The van der Waals surface area contributed by atoms with E-state index in [1.165, 1.54) is 18.2 Å². The number of hydrogen-bond acceptors (Lipinski definition) is 8. The summed E-state index contributed by atoms with van der Waals surface area (Å²) in [5, 5.41) is 6.07. The van der Waals surface area contributed by atoms with Crippen LogP contribution in [0.1, 0.15) is 30.5 Å². The lowest BCUT2D eigenvalue weighted by atomic mass is 10.1. The van der Waals surface area contributed by atoms with Gasteiger partial charge in [0.2, 0.25) is 5.13 Å². The van der Waals surface area contributed by atoms with E-state index in [0.717, 1.165) is 36.9 Å². The van der Waals surface area contributed by atoms with Crippen LogP contribution in [0.4, 0.5) is 29.8 Å². The van der Waals surface area contributed by atoms with E-state index in [4.69, 9.17) is 0 Å². The number of hydrogen-bond donors (Lipinski definition) is 2. The first-order valence-corrected chi connectivity index (χ1v) is 10.1. The van der Waals surface area contributed by atoms with Gasteiger partial charge < -0.3 is 10.6 Å². The quantitative estimate of drug-likeness (QED) is 0.610. The summed E-state index contributed by atoms with van der Waals surface area (Å²) in [6.07, 6.45) is -1.82. The van der Waals surface area contributed by atoms with Gasteiger partial charge in [-0.1, -0.05) is 0 Å². The normalized spacial score (nSPS) is 14.2. The lowest BCUT2D eigenvalue weighted by Crippen LogP contribution is -2.24. The third kappa shape index (κ3) is 4.08. The molecule has 0 unspecified atom stereocenters. The summed E-state index contributed by atoms with van der Waals surface area (Å²) in [6, 6.07) is 3.45. The lowest BCUT2D eigenvalue weighted by Gasteiger charge is -2.18. The molecule has 4 heterocycles. The molecule has 0 atom stereocenters. The van der Waals surface area contributed by atoms with E-state index in [9.17, 15) is 13.2 Å². The van der Waals surface area contributed by atoms with Crippen LogP contribution in [0.25, 0.3) is 11.5 Å². The summed E-state index contributed by atoms with van der Waals surface area (Å²) in [7, 11) is 1.53. The van der Waals surface area contributed by atoms with Crippen molar-refractivity contribution in [1.82, 2.24) is 24.2 Å². The highest BCUT2D eigenvalue weighted by Gasteiger charge is 2.31. The summed E-state index contributed by atoms with van der Waals surface area (Å²) in [5.41, 5.74) is 2.46. The number of halogens is 3. The molecule has 0 saturated carbocycles. The van der Waals surface area contributed by atoms with Crippen molar-refractivity contribution in [1.29, 1.82) is 0 Å². The maximum atomic E-state index is 12.9. The second-order valence-corrected chi connectivity index (χ2v) is 8.00. The van der Waals surface area contributed by atoms with Crippen LogP contribution in [0.3, 0.4) is 0 Å². The smallest absolute Gasteiger partial charge is 0.385 e. The average molecular weight is 435 g/mol. The van der Waals surface area contributed by atoms with Crippen LogP contribution >= 0.6 is 11.5 Å². The summed E-state index contributed by atoms with van der Waals surface area (Å²) in [5.74, 6) is 0.703. The van der Waals surface area contributed by atoms with Crippen molar-refractivity contribution in [2.45, 2.75) is 39.2 Å². The molecular formula is C19H20F3N7S. The minimum atomic E-state index is -4.46. The van der Waals surface area contributed by atoms with Crippen molar-refractivity contribution in [3.8, 4) is 11.5 Å². The molecule has 1 aliphatic rings. The molecule has 7 nitrogen and oxygen atoms in total. The zero-order valence-electron chi connectivity index (χ0n) is 16.6. The van der Waals surface area contributed by atoms with E-state index < -0.39 is 11.7 Å². The maximum absolute atomic E-state index is 12.9. The third-order valence-electron chi connectivity index (χ3n) is 4.92. The van der Waals surface area contributed by atoms with E-state index >= 15 is 0 Å². The van der Waals surface area contributed by atoms with Crippen LogP contribution in [0.2, 0.25) is 0 Å². The first-order chi connectivity index (χ1) is 14.2. The van der Waals surface area contributed by atoms with Gasteiger partial charge in [-0.3, -0.25) is 9.88 Å². The number of pyridine rings is 2. The SMILES string of the molecule is CNc1cc(C(F)(F)F)cnc1Nc1nc(-c2cc3c(cn2)CN(C(C)C)C3)ns1. The zero-order valence-corrected chi connectivity index (χ0v) is 17.4. The molecule has 3 aromatic rings. The number of nitrogens with one attached hydrogen (secondary N) is 2. The highest BCUT2D eigenvalue weighted by atomic mass is 32.1. The molecule has 0 aliphatic carbocycles. The summed E-state index contributed by atoms with van der Waals surface area (Å²) < 4.78 is 43.0. The van der Waals surface area contributed by atoms with Crippen molar-refractivity contribution in [2.75, 3.05) is 17.7 Å². The molecule has 0 amide bonds. The fraction of sp³-hybridized carbons (Fsp3) is 0.368. The van der Waals surface area contributed by atoms with Crippen molar-refractivity contribution in [3.63, 3.8) is 0 Å². The fourth-order valence-electron chi connectivity index (χ4n) is 3.19. The predicted octanol–water partition coefficient (Wildman–Crippen LogP) is 4.52. The van der Waals surface area contributed by atoms with E-state index in [1.54, 1.807) is 0 Å². The van der Waals surface area contributed by atoms with Gasteiger partial charge in [-0.15, -0.1) is 0 Å². The van der Waals surface area contributed by atoms with Gasteiger partial charge in [-0.2, -0.15) is 22.5 Å². The predicted molar refractivity (Wildman–Crippen MR) is 110 cm³/mol. The first-order valence-electron chi connectivity index (χ1n) is 9.32. The molecule has 0 spiro atoms. The Morgan fingerprint density at radius 1 is 1.10 bits per heavy atom. The number of rotatable bonds is 5. The molecule has 0 fully saturated rings. The molecule has 30 heavy (non-hydrogen) atoms. The van der Waals surface area contributed by atoms with Gasteiger partial charge in [0.1, 0.15) is 5.69 Å². The van der Waals surface area contributed by atoms with Gasteiger partial charge >= 0.3 is 6.18 Å². The molecule has 11 heteroatoms. The van der Waals surface area contributed by atoms with Crippen molar-refractivity contribution < 1.29 is 13.2 Å². The summed E-state index contributed by atoms with van der Waals surface area (Å²) in [4.78, 5) is 15.2. The minimum absolute atomic E-state index is 0.214. The summed E-state index contributed by atoms with van der Waals surface area (Å²) >= 11 is 1.09. The number of alkyl halides is 3. The Morgan fingerprint density at radius 2 is 1.87 bits per heavy atom. The molecule has 4 rings (SSSR count). The van der Waals surface area contributed by atoms with Crippen LogP contribution in [-0.2, 0) is 19.3 Å². The minimum Gasteiger partial charge on any atom is -0.385 e. The van der Waals surface area contributed by atoms with Gasteiger partial charge in [0, 0.05) is 50.1 Å². The standard InChI is InChI=1S/C19H20F3N7S/c1-10(2)29-8-11-4-15(24-6-12(11)9-29)17-27-18(30-28-17)26-16-14(23-3)5-13(7-25-16)19(20,21)22/h4-7,10,23H,8-9H2,1-3H3,(H,25,26,27,28). The largest absolute Gasteiger partial charge is 0.417 e. The number of fused-ring (bicyclic) bond motifs is 1. The third-order valence-corrected chi connectivity index (χ3v) is 5.56. The average Bonchev–Trinajstić information content (AvgIpc) is 3.33. The molecular weight excluding hydrogens is 415 g/mol. The monoisotopic (exact) mass is 435 g/mol. The Morgan fingerprint density at radius 3 is 2.57 bits per heavy atom. The maximum Gasteiger partial charge on any atom is 0.417 e. The number of nitrogens with zero attached hydrogens (tertiary/aromatic N) is 5. The number of anilines is 3. The van der Waals surface area contributed by atoms with Crippen molar-refractivity contribution in [2.24, 2.45) is 0 Å². The highest BCUT2D eigenvalue weighted by Crippen LogP contribution is 2.34. The Balaban J connectivity index is 1.54. The van der Waals surface area contributed by atoms with Crippen LogP contribution in [0, 0.1) is 0 Å². The lowest BCUT2D eigenvalue weighted by molar-refractivity contribution is -0.137. The van der Waals surface area contributed by atoms with Gasteiger partial charge in [0.25, 0.3) is 0 Å². The van der Waals surface area contributed by atoms with Crippen LogP contribution in [0.15, 0.2) is 24.5 Å². The highest BCUT2D eigenvalue weighted by molar-refractivity contribution is 7.09. The first kappa shape index (κ1) is 20.5. The topological polar surface area (TPSA) is 78.9 Å². The zero-order chi connectivity index (χ0) is 21.5. The van der Waals surface area contributed by atoms with E-state index in [1.807, 2.05) is 12.3 Å². The second kappa shape index (κ2) is 7.80. The summed E-state index contributed by atoms with van der Waals surface area (Å²) in [6.45, 7) is 6.06. The van der Waals surface area contributed by atoms with Crippen molar-refractivity contribution >= 4 is 28.2 Å². The van der Waals surface area contributed by atoms with Gasteiger partial charge in [-0.25, -0.2) is 4.98 Å². The molecule has 0 radical (unpaired) electrons. The fourth-order valence-corrected chi connectivity index (χ4v) is 3.76. The van der Waals surface area contributed by atoms with Gasteiger partial charge in [-0.05, 0) is 37.1 Å². The van der Waals surface area contributed by atoms with Crippen LogP contribution in [-0.4, -0.2) is 37.3 Å². The molecule has 0 aromatic carbocycles. The number of aromatic nitrogens is 4. The Labute approximate surface area is 175 Å². The molecule has 3 aromatic heterocycles. The van der Waals surface area contributed by atoms with E-state index in [0.29, 0.717) is 22.7 Å². The Bertz CT molecular complexity index is 1060. The van der Waals surface area contributed by atoms with Crippen LogP contribution in [0.5, 0.6) is 0 Å². The Kier molecular flexibility index (Phi) is 5.33. The van der Waals surface area contributed by atoms with Crippen LogP contribution < -0.4 is 10.6 Å². The van der Waals surface area contributed by atoms with E-state index in [2.05, 4.69) is 48.7 Å². The molecule has 2 N–H and O–H groups in total. The second-order valence-electron chi connectivity index (χ2n) is 7.25.